The molecular formula is C22H29N7O3S. The van der Waals surface area contributed by atoms with Crippen LogP contribution in [0.5, 0.6) is 11.8 Å². The Labute approximate surface area is 197 Å². The molecule has 10 nitrogen and oxygen atoms in total. The summed E-state index contributed by atoms with van der Waals surface area (Å²) < 4.78 is 11.5. The van der Waals surface area contributed by atoms with Crippen LogP contribution in [0.4, 0.5) is 11.1 Å². The van der Waals surface area contributed by atoms with Gasteiger partial charge in [-0.3, -0.25) is 4.79 Å². The highest BCUT2D eigenvalue weighted by Crippen LogP contribution is 2.27. The summed E-state index contributed by atoms with van der Waals surface area (Å²) in [5.74, 6) is 1.14. The molecule has 3 rings (SSSR count). The van der Waals surface area contributed by atoms with Gasteiger partial charge in [-0.15, -0.1) is 0 Å². The summed E-state index contributed by atoms with van der Waals surface area (Å²) in [6, 6.07) is 6.87. The van der Waals surface area contributed by atoms with Gasteiger partial charge in [-0.2, -0.15) is 15.0 Å². The first-order valence-corrected chi connectivity index (χ1v) is 11.2. The van der Waals surface area contributed by atoms with E-state index in [1.807, 2.05) is 0 Å². The molecule has 0 saturated heterocycles. The van der Waals surface area contributed by atoms with Gasteiger partial charge in [0.25, 0.3) is 5.91 Å². The van der Waals surface area contributed by atoms with Crippen molar-refractivity contribution in [3.05, 3.63) is 36.0 Å². The van der Waals surface area contributed by atoms with E-state index in [9.17, 15) is 4.79 Å². The largest absolute Gasteiger partial charge is 0.424 e. The van der Waals surface area contributed by atoms with Crippen LogP contribution >= 0.6 is 11.3 Å². The summed E-state index contributed by atoms with van der Waals surface area (Å²) in [5, 5.41) is 3.56. The molecule has 3 N–H and O–H groups in total. The molecule has 0 bridgehead atoms. The average Bonchev–Trinajstić information content (AvgIpc) is 3.19. The molecule has 0 aliphatic carbocycles. The van der Waals surface area contributed by atoms with E-state index in [1.165, 1.54) is 16.2 Å². The Morgan fingerprint density at radius 1 is 1.15 bits per heavy atom. The van der Waals surface area contributed by atoms with Crippen molar-refractivity contribution in [1.82, 2.24) is 24.8 Å². The van der Waals surface area contributed by atoms with E-state index in [0.29, 0.717) is 52.9 Å². The Hall–Kier alpha value is -3.31. The molecule has 0 unspecified atom stereocenters. The van der Waals surface area contributed by atoms with Crippen LogP contribution in [-0.2, 0) is 4.74 Å². The van der Waals surface area contributed by atoms with Crippen molar-refractivity contribution < 1.29 is 14.3 Å². The molecule has 0 radical (unpaired) electrons. The number of thiazole rings is 1. The maximum absolute atomic E-state index is 12.1. The Morgan fingerprint density at radius 2 is 1.88 bits per heavy atom. The first-order valence-electron chi connectivity index (χ1n) is 10.4. The fourth-order valence-electron chi connectivity index (χ4n) is 2.62. The highest BCUT2D eigenvalue weighted by Gasteiger charge is 2.14. The maximum atomic E-state index is 12.1. The van der Waals surface area contributed by atoms with Crippen LogP contribution < -0.4 is 15.8 Å². The molecule has 0 fully saturated rings. The van der Waals surface area contributed by atoms with Gasteiger partial charge in [-0.1, -0.05) is 32.1 Å². The standard InChI is InChI=1S/C22H29N7O3S/c1-22(2,3)13-31-11-10-24-20-26-17(16-12-25-19(23)33-16)27-21(28-20)32-15-8-6-14(7-9-15)18(30)29(4)5/h6-9,12H,10-11,13H2,1-5H3,(H2,23,25)(H,24,26,27,28). The van der Waals surface area contributed by atoms with Gasteiger partial charge in [-0.25, -0.2) is 4.98 Å². The number of ether oxygens (including phenoxy) is 2. The van der Waals surface area contributed by atoms with Crippen LogP contribution in [0.15, 0.2) is 30.5 Å². The van der Waals surface area contributed by atoms with E-state index in [0.717, 1.165) is 0 Å². The molecule has 0 aliphatic rings. The molecular weight excluding hydrogens is 442 g/mol. The van der Waals surface area contributed by atoms with Crippen LogP contribution in [0.1, 0.15) is 31.1 Å². The quantitative estimate of drug-likeness (QED) is 0.450. The third-order valence-electron chi connectivity index (χ3n) is 4.14. The van der Waals surface area contributed by atoms with Crippen molar-refractivity contribution >= 4 is 28.3 Å². The van der Waals surface area contributed by atoms with Crippen LogP contribution in [0, 0.1) is 5.41 Å². The van der Waals surface area contributed by atoms with Crippen molar-refractivity contribution in [2.45, 2.75) is 20.8 Å². The lowest BCUT2D eigenvalue weighted by Crippen LogP contribution is -2.21. The van der Waals surface area contributed by atoms with Gasteiger partial charge in [-0.05, 0) is 29.7 Å². The number of nitrogen functional groups attached to an aromatic ring is 1. The first-order chi connectivity index (χ1) is 15.6. The third-order valence-corrected chi connectivity index (χ3v) is 4.96. The zero-order valence-corrected chi connectivity index (χ0v) is 20.3. The van der Waals surface area contributed by atoms with Crippen molar-refractivity contribution in [2.24, 2.45) is 5.41 Å². The summed E-state index contributed by atoms with van der Waals surface area (Å²) in [5.41, 5.74) is 6.42. The van der Waals surface area contributed by atoms with Crippen molar-refractivity contribution in [1.29, 1.82) is 0 Å². The van der Waals surface area contributed by atoms with Gasteiger partial charge < -0.3 is 25.4 Å². The number of carbonyl (C=O) groups is 1. The SMILES string of the molecule is CN(C)C(=O)c1ccc(Oc2nc(NCCOCC(C)(C)C)nc(-c3cnc(N)s3)n2)cc1. The minimum atomic E-state index is -0.0908. The number of anilines is 2. The Morgan fingerprint density at radius 3 is 2.48 bits per heavy atom. The van der Waals surface area contributed by atoms with Crippen molar-refractivity contribution in [3.8, 4) is 22.5 Å². The summed E-state index contributed by atoms with van der Waals surface area (Å²) in [7, 11) is 3.40. The predicted octanol–water partition coefficient (Wildman–Crippen LogP) is 3.55. The summed E-state index contributed by atoms with van der Waals surface area (Å²) >= 11 is 1.27. The lowest BCUT2D eigenvalue weighted by molar-refractivity contribution is 0.0781. The molecule has 11 heteroatoms. The van der Waals surface area contributed by atoms with E-state index in [1.54, 1.807) is 44.6 Å². The van der Waals surface area contributed by atoms with E-state index in [-0.39, 0.29) is 17.3 Å². The second-order valence-electron chi connectivity index (χ2n) is 8.69. The van der Waals surface area contributed by atoms with Crippen LogP contribution in [0.25, 0.3) is 10.7 Å². The van der Waals surface area contributed by atoms with Crippen LogP contribution in [-0.4, -0.2) is 64.6 Å². The molecule has 176 valence electrons. The minimum absolute atomic E-state index is 0.0908. The molecule has 2 heterocycles. The number of amides is 1. The number of nitrogens with two attached hydrogens (primary N) is 1. The topological polar surface area (TPSA) is 128 Å². The molecule has 0 atom stereocenters. The fraction of sp³-hybridized carbons (Fsp3) is 0.409. The molecule has 0 aliphatic heterocycles. The highest BCUT2D eigenvalue weighted by molar-refractivity contribution is 7.18. The van der Waals surface area contributed by atoms with E-state index in [4.69, 9.17) is 15.2 Å². The number of hydrogen-bond acceptors (Lipinski definition) is 10. The molecule has 0 saturated carbocycles. The molecule has 1 amide bonds. The average molecular weight is 472 g/mol. The number of carbonyl (C=O) groups excluding carboxylic acids is 1. The van der Waals surface area contributed by atoms with Crippen molar-refractivity contribution in [3.63, 3.8) is 0 Å². The predicted molar refractivity (Wildman–Crippen MR) is 129 cm³/mol. The van der Waals surface area contributed by atoms with E-state index < -0.39 is 0 Å². The second-order valence-corrected chi connectivity index (χ2v) is 9.76. The summed E-state index contributed by atoms with van der Waals surface area (Å²) in [6.45, 7) is 8.02. The first kappa shape index (κ1) is 24.3. The number of nitrogens with one attached hydrogen (secondary N) is 1. The van der Waals surface area contributed by atoms with Gasteiger partial charge in [0.2, 0.25) is 5.95 Å². The number of rotatable bonds is 9. The zero-order chi connectivity index (χ0) is 24.0. The van der Waals surface area contributed by atoms with Gasteiger partial charge >= 0.3 is 6.01 Å². The third kappa shape index (κ3) is 7.36. The summed E-state index contributed by atoms with van der Waals surface area (Å²) in [4.78, 5) is 31.6. The summed E-state index contributed by atoms with van der Waals surface area (Å²) in [6.07, 6.45) is 1.61. The molecule has 3 aromatic rings. The molecule has 33 heavy (non-hydrogen) atoms. The molecule has 0 spiro atoms. The lowest BCUT2D eigenvalue weighted by atomic mass is 9.99. The highest BCUT2D eigenvalue weighted by atomic mass is 32.1. The Balaban J connectivity index is 1.75. The zero-order valence-electron chi connectivity index (χ0n) is 19.5. The lowest BCUT2D eigenvalue weighted by Gasteiger charge is -2.18. The van der Waals surface area contributed by atoms with Crippen molar-refractivity contribution in [2.75, 3.05) is 44.9 Å². The van der Waals surface area contributed by atoms with Crippen LogP contribution in [0.2, 0.25) is 0 Å². The normalized spacial score (nSPS) is 11.3. The Kier molecular flexibility index (Phi) is 7.77. The molecule has 2 aromatic heterocycles. The minimum Gasteiger partial charge on any atom is -0.424 e. The van der Waals surface area contributed by atoms with Gasteiger partial charge in [0.15, 0.2) is 11.0 Å². The maximum Gasteiger partial charge on any atom is 0.327 e. The number of nitrogens with zero attached hydrogens (tertiary/aromatic N) is 5. The van der Waals surface area contributed by atoms with E-state index >= 15 is 0 Å². The van der Waals surface area contributed by atoms with Crippen LogP contribution in [0.3, 0.4) is 0 Å². The van der Waals surface area contributed by atoms with Gasteiger partial charge in [0, 0.05) is 26.2 Å². The number of aromatic nitrogens is 4. The smallest absolute Gasteiger partial charge is 0.327 e. The van der Waals surface area contributed by atoms with E-state index in [2.05, 4.69) is 46.0 Å². The second kappa shape index (κ2) is 10.5. The number of benzene rings is 1. The monoisotopic (exact) mass is 471 g/mol. The number of hydrogen-bond donors (Lipinski definition) is 2. The van der Waals surface area contributed by atoms with Gasteiger partial charge in [0.05, 0.1) is 24.3 Å². The van der Waals surface area contributed by atoms with Gasteiger partial charge in [0.1, 0.15) is 5.75 Å². The molecule has 1 aromatic carbocycles. The Bertz CT molecular complexity index is 1080. The fourth-order valence-corrected chi connectivity index (χ4v) is 3.24.